The summed E-state index contributed by atoms with van der Waals surface area (Å²) in [6.45, 7) is 20.7. The van der Waals surface area contributed by atoms with Gasteiger partial charge in [-0.25, -0.2) is 14.4 Å². The zero-order valence-electron chi connectivity index (χ0n) is 21.9. The molecule has 0 saturated heterocycles. The molecule has 0 radical (unpaired) electrons. The predicted octanol–water partition coefficient (Wildman–Crippen LogP) is 3.65. The predicted molar refractivity (Wildman–Crippen MR) is 140 cm³/mol. The number of rotatable bonds is 5. The Hall–Kier alpha value is -1.75. The highest BCUT2D eigenvalue weighted by Gasteiger charge is 2.25. The van der Waals surface area contributed by atoms with Crippen LogP contribution < -0.4 is 11.1 Å². The lowest BCUT2D eigenvalue weighted by Crippen LogP contribution is -2.51. The van der Waals surface area contributed by atoms with Crippen LogP contribution in [0, 0.1) is 10.8 Å². The van der Waals surface area contributed by atoms with Crippen molar-refractivity contribution in [3.63, 3.8) is 0 Å². The van der Waals surface area contributed by atoms with Gasteiger partial charge >= 0.3 is 17.9 Å². The van der Waals surface area contributed by atoms with E-state index in [0.717, 1.165) is 13.0 Å². The van der Waals surface area contributed by atoms with Gasteiger partial charge in [-0.05, 0) is 44.9 Å². The molecule has 1 aliphatic rings. The number of amides is 1. The van der Waals surface area contributed by atoms with Gasteiger partial charge in [-0.1, -0.05) is 41.5 Å². The van der Waals surface area contributed by atoms with Gasteiger partial charge in [0.1, 0.15) is 0 Å². The third-order valence-electron chi connectivity index (χ3n) is 4.67. The van der Waals surface area contributed by atoms with Crippen LogP contribution in [0.25, 0.3) is 0 Å². The largest absolute Gasteiger partial charge is 0.478 e. The van der Waals surface area contributed by atoms with Crippen LogP contribution in [0.5, 0.6) is 0 Å². The van der Waals surface area contributed by atoms with E-state index in [2.05, 4.69) is 57.3 Å². The Kier molecular flexibility index (Phi) is 17.3. The Morgan fingerprint density at radius 3 is 1.48 bits per heavy atom. The molecule has 0 aromatic heterocycles. The van der Waals surface area contributed by atoms with Gasteiger partial charge in [0.2, 0.25) is 5.91 Å². The summed E-state index contributed by atoms with van der Waals surface area (Å²) in [4.78, 5) is 43.2. The van der Waals surface area contributed by atoms with Crippen molar-refractivity contribution in [2.75, 3.05) is 13.1 Å². The van der Waals surface area contributed by atoms with Gasteiger partial charge in [-0.3, -0.25) is 4.79 Å². The van der Waals surface area contributed by atoms with Crippen molar-refractivity contribution in [2.24, 2.45) is 10.8 Å². The van der Waals surface area contributed by atoms with Gasteiger partial charge < -0.3 is 20.9 Å². The molecule has 1 aliphatic heterocycles. The van der Waals surface area contributed by atoms with Gasteiger partial charge in [-0.15, -0.1) is 24.0 Å². The summed E-state index contributed by atoms with van der Waals surface area (Å²) in [5, 5.41) is 11.4. The number of ether oxygens (including phenoxy) is 1. The molecule has 1 amide bonds. The number of aliphatic carboxylic acids is 1. The molecule has 192 valence electrons. The molecule has 0 aromatic carbocycles. The highest BCUT2D eigenvalue weighted by Crippen LogP contribution is 2.17. The maximum Gasteiger partial charge on any atom is 0.342 e. The number of hydrogen-bond acceptors (Lipinski definition) is 5. The third kappa shape index (κ3) is 17.4. The third-order valence-corrected chi connectivity index (χ3v) is 4.67. The molecule has 5 N–H and O–H groups in total. The number of nitrogens with one attached hydrogen (secondary N) is 1. The molecule has 0 unspecified atom stereocenters. The lowest BCUT2D eigenvalue weighted by molar-refractivity contribution is -0.371. The summed E-state index contributed by atoms with van der Waals surface area (Å²) >= 11 is 0. The molecule has 1 heterocycles. The summed E-state index contributed by atoms with van der Waals surface area (Å²) in [7, 11) is 0. The lowest BCUT2D eigenvalue weighted by atomic mass is 9.92. The maximum absolute atomic E-state index is 11.5. The first-order valence-corrected chi connectivity index (χ1v) is 10.8. The van der Waals surface area contributed by atoms with Gasteiger partial charge in [0.15, 0.2) is 0 Å². The van der Waals surface area contributed by atoms with Crippen LogP contribution in [-0.4, -0.2) is 42.0 Å². The normalized spacial score (nSPS) is 14.0. The molecule has 9 heteroatoms. The molecule has 0 atom stereocenters. The van der Waals surface area contributed by atoms with Crippen LogP contribution in [0.4, 0.5) is 0 Å². The van der Waals surface area contributed by atoms with E-state index in [0.29, 0.717) is 23.1 Å². The highest BCUT2D eigenvalue weighted by molar-refractivity contribution is 14.0. The molecule has 33 heavy (non-hydrogen) atoms. The molecule has 0 fully saturated rings. The van der Waals surface area contributed by atoms with Crippen molar-refractivity contribution in [2.45, 2.75) is 82.1 Å². The van der Waals surface area contributed by atoms with Crippen LogP contribution >= 0.6 is 24.0 Å². The van der Waals surface area contributed by atoms with Crippen LogP contribution in [0.3, 0.4) is 0 Å². The van der Waals surface area contributed by atoms with Crippen molar-refractivity contribution in [3.8, 4) is 0 Å². The second kappa shape index (κ2) is 16.0. The number of carboxylic acids is 1. The molecule has 0 bridgehead atoms. The maximum atomic E-state index is 11.5. The Morgan fingerprint density at radius 2 is 1.27 bits per heavy atom. The van der Waals surface area contributed by atoms with E-state index in [1.54, 1.807) is 13.8 Å². The monoisotopic (exact) mass is 583 g/mol. The van der Waals surface area contributed by atoms with Crippen LogP contribution in [0.2, 0.25) is 0 Å². The fraction of sp³-hybridized carbons (Fsp3) is 0.667. The van der Waals surface area contributed by atoms with E-state index >= 15 is 0 Å². The van der Waals surface area contributed by atoms with E-state index in [-0.39, 0.29) is 46.4 Å². The fourth-order valence-corrected chi connectivity index (χ4v) is 2.09. The number of carbonyl (C=O) groups excluding carboxylic acids is 3. The van der Waals surface area contributed by atoms with E-state index in [4.69, 9.17) is 5.11 Å². The van der Waals surface area contributed by atoms with Crippen molar-refractivity contribution < 1.29 is 34.8 Å². The Labute approximate surface area is 215 Å². The summed E-state index contributed by atoms with van der Waals surface area (Å²) in [6.07, 6.45) is 2.09. The van der Waals surface area contributed by atoms with E-state index in [1.807, 2.05) is 0 Å². The summed E-state index contributed by atoms with van der Waals surface area (Å²) < 4.78 is 4.23. The Balaban J connectivity index is -0.000000446. The minimum atomic E-state index is -1.05. The summed E-state index contributed by atoms with van der Waals surface area (Å²) in [5.41, 5.74) is 5.61. The molecule has 0 spiro atoms. The van der Waals surface area contributed by atoms with Crippen LogP contribution in [0.15, 0.2) is 22.3 Å². The minimum absolute atomic E-state index is 0. The first kappa shape index (κ1) is 35.8. The average molecular weight is 584 g/mol. The number of halogens is 1. The van der Waals surface area contributed by atoms with Gasteiger partial charge in [0.25, 0.3) is 0 Å². The second-order valence-electron chi connectivity index (χ2n) is 10.2. The quantitative estimate of drug-likeness (QED) is 0.196. The lowest BCUT2D eigenvalue weighted by Gasteiger charge is -2.18. The van der Waals surface area contributed by atoms with Crippen molar-refractivity contribution in [1.82, 2.24) is 5.32 Å². The number of esters is 2. The first-order chi connectivity index (χ1) is 14.3. The van der Waals surface area contributed by atoms with Gasteiger partial charge in [0, 0.05) is 35.3 Å². The van der Waals surface area contributed by atoms with E-state index in [9.17, 15) is 19.2 Å². The number of carbonyl (C=O) groups is 4. The number of cyclic esters (lactones) is 2. The van der Waals surface area contributed by atoms with Crippen LogP contribution in [-0.2, 0) is 23.9 Å². The highest BCUT2D eigenvalue weighted by atomic mass is 127. The topological polar surface area (TPSA) is 137 Å². The minimum Gasteiger partial charge on any atom is -0.478 e. The SMILES string of the molecule is CC(C(=O)O)=C(C)C(=O)NCCC(C)(C)C.CC(C)(C)CC[NH3+].CC1=C(C)C(=O)OC1=O.I. The zero-order chi connectivity index (χ0) is 25.9. The smallest absolute Gasteiger partial charge is 0.342 e. The zero-order valence-corrected chi connectivity index (χ0v) is 24.3. The van der Waals surface area contributed by atoms with Gasteiger partial charge in [-0.2, -0.15) is 0 Å². The van der Waals surface area contributed by atoms with Crippen molar-refractivity contribution in [3.05, 3.63) is 22.3 Å². The van der Waals surface area contributed by atoms with Crippen molar-refractivity contribution in [1.29, 1.82) is 0 Å². The number of quaternary nitrogens is 1. The molecule has 8 nitrogen and oxygen atoms in total. The standard InChI is InChI=1S/C12H21NO3.C6H15N.C6H6O3.HI/c1-8(9(2)11(15)16)10(14)13-7-6-12(3,4)5;1-6(2,3)4-5-7;1-3-4(2)6(8)9-5(3)7;/h6-7H2,1-5H3,(H,13,14)(H,15,16);4-5,7H2,1-3H3;1-2H3;1H/p+1. The molecular weight excluding hydrogens is 539 g/mol. The number of hydrogen-bond donors (Lipinski definition) is 3. The molecule has 0 saturated carbocycles. The van der Waals surface area contributed by atoms with Crippen molar-refractivity contribution >= 4 is 47.8 Å². The average Bonchev–Trinajstić information content (AvgIpc) is 2.85. The van der Waals surface area contributed by atoms with Crippen LogP contribution in [0.1, 0.15) is 82.1 Å². The Bertz CT molecular complexity index is 734. The van der Waals surface area contributed by atoms with E-state index < -0.39 is 17.9 Å². The summed E-state index contributed by atoms with van der Waals surface area (Å²) in [6, 6.07) is 0. The van der Waals surface area contributed by atoms with E-state index in [1.165, 1.54) is 20.3 Å². The van der Waals surface area contributed by atoms with Gasteiger partial charge in [0.05, 0.1) is 6.54 Å². The molecular formula is C24H44IN2O6+. The fourth-order valence-electron chi connectivity index (χ4n) is 2.09. The first-order valence-electron chi connectivity index (χ1n) is 10.8. The summed E-state index contributed by atoms with van der Waals surface area (Å²) in [5.74, 6) is -2.39. The molecule has 1 rings (SSSR count). The molecule has 0 aromatic rings. The second-order valence-corrected chi connectivity index (χ2v) is 10.2. The number of carboxylic acid groups (broad SMARTS) is 1. The molecule has 0 aliphatic carbocycles. The Morgan fingerprint density at radius 1 is 0.879 bits per heavy atom.